The third-order valence-electron chi connectivity index (χ3n) is 8.31. The van der Waals surface area contributed by atoms with Crippen molar-refractivity contribution in [1.82, 2.24) is 33.8 Å². The molecule has 3 aliphatic rings. The van der Waals surface area contributed by atoms with Gasteiger partial charge in [-0.05, 0) is 58.4 Å². The summed E-state index contributed by atoms with van der Waals surface area (Å²) in [6.45, 7) is 6.51. The maximum atomic E-state index is 13.4. The highest BCUT2D eigenvalue weighted by atomic mass is 16.5. The molecular weight excluding hydrogens is 480 g/mol. The van der Waals surface area contributed by atoms with Crippen LogP contribution in [0.25, 0.3) is 22.1 Å². The molecule has 0 unspecified atom stereocenters. The van der Waals surface area contributed by atoms with Gasteiger partial charge in [0.05, 0.1) is 24.3 Å². The lowest BCUT2D eigenvalue weighted by atomic mass is 10.1. The highest BCUT2D eigenvalue weighted by Gasteiger charge is 2.42. The van der Waals surface area contributed by atoms with Crippen LogP contribution in [0.5, 0.6) is 0 Å². The quantitative estimate of drug-likeness (QED) is 0.376. The molecule has 3 fully saturated rings. The van der Waals surface area contributed by atoms with Gasteiger partial charge in [-0.25, -0.2) is 9.97 Å². The molecule has 2 saturated carbocycles. The molecule has 38 heavy (non-hydrogen) atoms. The van der Waals surface area contributed by atoms with E-state index in [0.29, 0.717) is 30.4 Å². The van der Waals surface area contributed by atoms with Crippen LogP contribution in [0.15, 0.2) is 18.5 Å². The molecule has 1 aliphatic heterocycles. The van der Waals surface area contributed by atoms with Crippen molar-refractivity contribution in [2.75, 3.05) is 18.5 Å². The average Bonchev–Trinajstić information content (AvgIpc) is 3.83. The van der Waals surface area contributed by atoms with Gasteiger partial charge in [0.1, 0.15) is 11.2 Å². The summed E-state index contributed by atoms with van der Waals surface area (Å²) in [5.41, 5.74) is 4.83. The third-order valence-corrected chi connectivity index (χ3v) is 8.31. The SMILES string of the molecule is CCn1c(CC(=O)N(C2CC2)C2CC2)cc2c3c(ncn3C)c(Nc3cc(C)n(C4CCOCC4)n3)nc21. The van der Waals surface area contributed by atoms with Gasteiger partial charge < -0.3 is 24.1 Å². The summed E-state index contributed by atoms with van der Waals surface area (Å²) in [4.78, 5) is 25.4. The minimum Gasteiger partial charge on any atom is -0.381 e. The van der Waals surface area contributed by atoms with Crippen molar-refractivity contribution in [3.05, 3.63) is 29.8 Å². The van der Waals surface area contributed by atoms with E-state index in [4.69, 9.17) is 19.8 Å². The second-order valence-electron chi connectivity index (χ2n) is 11.2. The van der Waals surface area contributed by atoms with E-state index in [1.807, 2.05) is 17.9 Å². The number of ether oxygens (including phenoxy) is 1. The fourth-order valence-corrected chi connectivity index (χ4v) is 6.18. The number of nitrogens with zero attached hydrogens (tertiary/aromatic N) is 7. The number of aromatic nitrogens is 6. The number of amides is 1. The predicted molar refractivity (Wildman–Crippen MR) is 146 cm³/mol. The summed E-state index contributed by atoms with van der Waals surface area (Å²) in [5.74, 6) is 1.71. The number of nitrogens with one attached hydrogen (secondary N) is 1. The van der Waals surface area contributed by atoms with E-state index in [-0.39, 0.29) is 5.91 Å². The van der Waals surface area contributed by atoms with Crippen LogP contribution >= 0.6 is 0 Å². The molecule has 0 aromatic carbocycles. The number of carbonyl (C=O) groups is 1. The summed E-state index contributed by atoms with van der Waals surface area (Å²) in [6.07, 6.45) is 8.78. The Bertz CT molecular complexity index is 1500. The molecule has 0 atom stereocenters. The molecule has 7 rings (SSSR count). The van der Waals surface area contributed by atoms with Crippen molar-refractivity contribution >= 4 is 39.6 Å². The monoisotopic (exact) mass is 516 g/mol. The summed E-state index contributed by atoms with van der Waals surface area (Å²) in [7, 11) is 2.01. The van der Waals surface area contributed by atoms with Crippen LogP contribution in [0.2, 0.25) is 0 Å². The van der Waals surface area contributed by atoms with Crippen molar-refractivity contribution in [2.45, 2.75) is 83.5 Å². The van der Waals surface area contributed by atoms with Crippen molar-refractivity contribution in [3.63, 3.8) is 0 Å². The van der Waals surface area contributed by atoms with Crippen LogP contribution in [-0.2, 0) is 29.5 Å². The zero-order valence-corrected chi connectivity index (χ0v) is 22.5. The van der Waals surface area contributed by atoms with Crippen molar-refractivity contribution < 1.29 is 9.53 Å². The number of rotatable bonds is 8. The van der Waals surface area contributed by atoms with Crippen molar-refractivity contribution in [1.29, 1.82) is 0 Å². The molecule has 1 N–H and O–H groups in total. The van der Waals surface area contributed by atoms with Crippen LogP contribution in [0, 0.1) is 6.92 Å². The Hall–Kier alpha value is -3.40. The second-order valence-corrected chi connectivity index (χ2v) is 11.2. The maximum Gasteiger partial charge on any atom is 0.229 e. The van der Waals surface area contributed by atoms with Gasteiger partial charge >= 0.3 is 0 Å². The van der Waals surface area contributed by atoms with Crippen molar-refractivity contribution in [3.8, 4) is 0 Å². The number of pyridine rings is 1. The normalized spacial score (nSPS) is 18.5. The highest BCUT2D eigenvalue weighted by Crippen LogP contribution is 2.38. The zero-order valence-electron chi connectivity index (χ0n) is 22.5. The average molecular weight is 517 g/mol. The van der Waals surface area contributed by atoms with Crippen LogP contribution in [0.4, 0.5) is 11.6 Å². The van der Waals surface area contributed by atoms with E-state index < -0.39 is 0 Å². The molecule has 4 aromatic rings. The minimum atomic E-state index is 0.251. The van der Waals surface area contributed by atoms with E-state index in [0.717, 1.165) is 97.6 Å². The van der Waals surface area contributed by atoms with Gasteiger partial charge in [0.2, 0.25) is 5.91 Å². The number of hydrogen-bond donors (Lipinski definition) is 1. The van der Waals surface area contributed by atoms with Gasteiger partial charge in [-0.3, -0.25) is 9.48 Å². The number of carbonyl (C=O) groups excluding carboxylic acids is 1. The first kappa shape index (κ1) is 23.7. The van der Waals surface area contributed by atoms with Gasteiger partial charge in [-0.2, -0.15) is 5.10 Å². The molecule has 1 saturated heterocycles. The molecule has 1 amide bonds. The Morgan fingerprint density at radius 2 is 1.87 bits per heavy atom. The third kappa shape index (κ3) is 4.05. The van der Waals surface area contributed by atoms with E-state index in [2.05, 4.69) is 45.4 Å². The smallest absolute Gasteiger partial charge is 0.229 e. The Morgan fingerprint density at radius 3 is 2.55 bits per heavy atom. The van der Waals surface area contributed by atoms with Gasteiger partial charge in [-0.1, -0.05) is 0 Å². The van der Waals surface area contributed by atoms with Gasteiger partial charge in [0.25, 0.3) is 0 Å². The molecule has 0 bridgehead atoms. The summed E-state index contributed by atoms with van der Waals surface area (Å²) < 4.78 is 11.9. The Balaban J connectivity index is 1.26. The van der Waals surface area contributed by atoms with E-state index in [1.54, 1.807) is 0 Å². The number of anilines is 2. The van der Waals surface area contributed by atoms with Gasteiger partial charge in [0.15, 0.2) is 11.6 Å². The molecule has 0 spiro atoms. The molecule has 4 aromatic heterocycles. The number of aryl methyl sites for hydroxylation is 3. The van der Waals surface area contributed by atoms with Crippen molar-refractivity contribution in [2.24, 2.45) is 7.05 Å². The van der Waals surface area contributed by atoms with Crippen LogP contribution in [0.1, 0.15) is 62.9 Å². The van der Waals surface area contributed by atoms with Gasteiger partial charge in [-0.15, -0.1) is 0 Å². The van der Waals surface area contributed by atoms with Crippen LogP contribution < -0.4 is 5.32 Å². The predicted octanol–water partition coefficient (Wildman–Crippen LogP) is 4.24. The molecule has 200 valence electrons. The summed E-state index contributed by atoms with van der Waals surface area (Å²) in [5, 5.41) is 9.40. The van der Waals surface area contributed by atoms with E-state index in [9.17, 15) is 4.79 Å². The number of fused-ring (bicyclic) bond motifs is 3. The number of imidazole rings is 1. The minimum absolute atomic E-state index is 0.251. The highest BCUT2D eigenvalue weighted by molar-refractivity contribution is 6.07. The molecule has 10 nitrogen and oxygen atoms in total. The largest absolute Gasteiger partial charge is 0.381 e. The Morgan fingerprint density at radius 1 is 1.13 bits per heavy atom. The van der Waals surface area contributed by atoms with E-state index in [1.165, 1.54) is 0 Å². The fraction of sp³-hybridized carbons (Fsp3) is 0.571. The molecular formula is C28H36N8O2. The zero-order chi connectivity index (χ0) is 26.0. The lowest BCUT2D eigenvalue weighted by Gasteiger charge is -2.23. The molecule has 2 aliphatic carbocycles. The van der Waals surface area contributed by atoms with Gasteiger partial charge in [0, 0.05) is 61.7 Å². The molecule has 5 heterocycles. The first-order valence-electron chi connectivity index (χ1n) is 14.1. The fourth-order valence-electron chi connectivity index (χ4n) is 6.18. The first-order valence-corrected chi connectivity index (χ1v) is 14.1. The standard InChI is InChI=1S/C28H36N8O2/c1-4-34-21(15-24(37)35(18-5-6-18)19-7-8-19)14-22-26-25(29-16-33(26)3)27(31-28(22)34)30-23-13-17(2)36(32-23)20-9-11-38-12-10-20/h13-14,16,18-20H,4-12,15H2,1-3H3,(H,30,31,32). The maximum absolute atomic E-state index is 13.4. The topological polar surface area (TPSA) is 95.0 Å². The summed E-state index contributed by atoms with van der Waals surface area (Å²) >= 11 is 0. The van der Waals surface area contributed by atoms with E-state index >= 15 is 0 Å². The second kappa shape index (κ2) is 9.11. The summed E-state index contributed by atoms with van der Waals surface area (Å²) in [6, 6.07) is 5.49. The molecule has 10 heteroatoms. The lowest BCUT2D eigenvalue weighted by molar-refractivity contribution is -0.131. The van der Waals surface area contributed by atoms with Crippen LogP contribution in [0.3, 0.4) is 0 Å². The Labute approximate surface area is 222 Å². The molecule has 0 radical (unpaired) electrons. The lowest BCUT2D eigenvalue weighted by Crippen LogP contribution is -2.36. The number of hydrogen-bond acceptors (Lipinski definition) is 6. The Kier molecular flexibility index (Phi) is 5.68. The van der Waals surface area contributed by atoms with Crippen LogP contribution in [-0.4, -0.2) is 65.0 Å². The first-order chi connectivity index (χ1) is 18.5.